The van der Waals surface area contributed by atoms with Crippen LogP contribution in [0.15, 0.2) is 36.7 Å². The van der Waals surface area contributed by atoms with Gasteiger partial charge in [-0.05, 0) is 24.3 Å². The number of aromatic nitrogens is 2. The van der Waals surface area contributed by atoms with Gasteiger partial charge < -0.3 is 15.6 Å². The van der Waals surface area contributed by atoms with Crippen LogP contribution >= 0.6 is 12.2 Å². The summed E-state index contributed by atoms with van der Waals surface area (Å²) in [5, 5.41) is 3.29. The van der Waals surface area contributed by atoms with Crippen LogP contribution in [0.2, 0.25) is 0 Å². The van der Waals surface area contributed by atoms with E-state index in [1.807, 2.05) is 42.1 Å². The molecule has 17 heavy (non-hydrogen) atoms. The lowest BCUT2D eigenvalue weighted by atomic mass is 10.2. The zero-order valence-electron chi connectivity index (χ0n) is 9.55. The normalized spacial score (nSPS) is 10.2. The van der Waals surface area contributed by atoms with E-state index in [0.717, 1.165) is 17.1 Å². The molecule has 3 N–H and O–H groups in total. The van der Waals surface area contributed by atoms with Gasteiger partial charge in [0.15, 0.2) is 0 Å². The predicted octanol–water partition coefficient (Wildman–Crippen LogP) is 1.67. The van der Waals surface area contributed by atoms with E-state index in [0.29, 0.717) is 11.5 Å². The van der Waals surface area contributed by atoms with E-state index in [4.69, 9.17) is 18.0 Å². The maximum atomic E-state index is 5.53. The van der Waals surface area contributed by atoms with Crippen LogP contribution in [0.1, 0.15) is 11.4 Å². The van der Waals surface area contributed by atoms with Crippen molar-refractivity contribution >= 4 is 22.9 Å². The van der Waals surface area contributed by atoms with Crippen molar-refractivity contribution in [2.75, 3.05) is 5.32 Å². The van der Waals surface area contributed by atoms with Gasteiger partial charge in [-0.2, -0.15) is 0 Å². The molecule has 0 bridgehead atoms. The third-order valence-electron chi connectivity index (χ3n) is 2.54. The van der Waals surface area contributed by atoms with Crippen molar-refractivity contribution in [3.63, 3.8) is 0 Å². The Morgan fingerprint density at radius 2 is 2.12 bits per heavy atom. The summed E-state index contributed by atoms with van der Waals surface area (Å²) in [5.41, 5.74) is 7.43. The van der Waals surface area contributed by atoms with E-state index in [-0.39, 0.29) is 0 Å². The van der Waals surface area contributed by atoms with E-state index in [2.05, 4.69) is 10.3 Å². The number of anilines is 1. The van der Waals surface area contributed by atoms with Crippen LogP contribution in [0.25, 0.3) is 0 Å². The Morgan fingerprint density at radius 3 is 2.65 bits per heavy atom. The molecular formula is C12H14N4S. The summed E-state index contributed by atoms with van der Waals surface area (Å²) < 4.78 is 1.98. The first-order valence-electron chi connectivity index (χ1n) is 5.27. The number of nitrogens with one attached hydrogen (secondary N) is 1. The van der Waals surface area contributed by atoms with Gasteiger partial charge in [0.2, 0.25) is 0 Å². The van der Waals surface area contributed by atoms with Crippen LogP contribution in [-0.2, 0) is 13.6 Å². The highest BCUT2D eigenvalue weighted by Gasteiger charge is 1.99. The summed E-state index contributed by atoms with van der Waals surface area (Å²) in [7, 11) is 1.97. The highest BCUT2D eigenvalue weighted by atomic mass is 32.1. The van der Waals surface area contributed by atoms with Crippen LogP contribution < -0.4 is 11.1 Å². The van der Waals surface area contributed by atoms with E-state index < -0.39 is 0 Å². The lowest BCUT2D eigenvalue weighted by Crippen LogP contribution is -2.09. The van der Waals surface area contributed by atoms with Crippen molar-refractivity contribution in [1.82, 2.24) is 9.55 Å². The van der Waals surface area contributed by atoms with Gasteiger partial charge in [0, 0.05) is 30.7 Å². The van der Waals surface area contributed by atoms with E-state index in [9.17, 15) is 0 Å². The first kappa shape index (κ1) is 11.6. The number of benzene rings is 1. The van der Waals surface area contributed by atoms with Crippen molar-refractivity contribution in [3.05, 3.63) is 48.0 Å². The molecule has 0 aliphatic heterocycles. The molecule has 0 amide bonds. The zero-order chi connectivity index (χ0) is 12.3. The van der Waals surface area contributed by atoms with Gasteiger partial charge in [0.05, 0.1) is 6.54 Å². The van der Waals surface area contributed by atoms with Gasteiger partial charge in [-0.1, -0.05) is 12.2 Å². The van der Waals surface area contributed by atoms with Crippen molar-refractivity contribution in [2.45, 2.75) is 6.54 Å². The summed E-state index contributed by atoms with van der Waals surface area (Å²) in [6.45, 7) is 0.690. The van der Waals surface area contributed by atoms with Gasteiger partial charge >= 0.3 is 0 Å². The van der Waals surface area contributed by atoms with E-state index in [1.54, 1.807) is 6.20 Å². The third kappa shape index (κ3) is 2.82. The second-order valence-corrected chi connectivity index (χ2v) is 4.19. The lowest BCUT2D eigenvalue weighted by Gasteiger charge is -2.07. The number of hydrogen-bond donors (Lipinski definition) is 2. The third-order valence-corrected chi connectivity index (χ3v) is 2.78. The van der Waals surface area contributed by atoms with Crippen LogP contribution in [-0.4, -0.2) is 14.5 Å². The molecule has 88 valence electrons. The van der Waals surface area contributed by atoms with Crippen LogP contribution in [0, 0.1) is 0 Å². The fourth-order valence-electron chi connectivity index (χ4n) is 1.50. The summed E-state index contributed by atoms with van der Waals surface area (Å²) in [4.78, 5) is 4.65. The molecule has 0 aliphatic carbocycles. The van der Waals surface area contributed by atoms with Gasteiger partial charge in [-0.25, -0.2) is 4.98 Å². The summed E-state index contributed by atoms with van der Waals surface area (Å²) in [6.07, 6.45) is 3.71. The number of hydrogen-bond acceptors (Lipinski definition) is 3. The van der Waals surface area contributed by atoms with Crippen molar-refractivity contribution in [2.24, 2.45) is 12.8 Å². The topological polar surface area (TPSA) is 55.9 Å². The number of imidazole rings is 1. The summed E-state index contributed by atoms with van der Waals surface area (Å²) >= 11 is 4.90. The fourth-order valence-corrected chi connectivity index (χ4v) is 1.64. The molecule has 1 aromatic heterocycles. The average molecular weight is 246 g/mol. The Balaban J connectivity index is 2.00. The van der Waals surface area contributed by atoms with Crippen LogP contribution in [0.5, 0.6) is 0 Å². The standard InChI is InChI=1S/C12H14N4S/c1-16-7-6-14-11(16)8-15-10-4-2-9(3-5-10)12(13)17/h2-7,15H,8H2,1H3,(H2,13,17). The Hall–Kier alpha value is -1.88. The largest absolute Gasteiger partial charge is 0.389 e. The smallest absolute Gasteiger partial charge is 0.127 e. The lowest BCUT2D eigenvalue weighted by molar-refractivity contribution is 0.813. The number of thiocarbonyl (C=S) groups is 1. The molecule has 0 unspecified atom stereocenters. The van der Waals surface area contributed by atoms with Gasteiger partial charge in [-0.3, -0.25) is 0 Å². The maximum absolute atomic E-state index is 5.53. The van der Waals surface area contributed by atoms with Gasteiger partial charge in [0.25, 0.3) is 0 Å². The molecule has 0 saturated carbocycles. The Labute approximate surface area is 105 Å². The molecule has 2 aromatic rings. The molecule has 0 fully saturated rings. The second-order valence-electron chi connectivity index (χ2n) is 3.75. The molecule has 0 saturated heterocycles. The van der Waals surface area contributed by atoms with Crippen molar-refractivity contribution in [3.8, 4) is 0 Å². The number of nitrogens with two attached hydrogens (primary N) is 1. The van der Waals surface area contributed by atoms with E-state index >= 15 is 0 Å². The highest BCUT2D eigenvalue weighted by molar-refractivity contribution is 7.80. The van der Waals surface area contributed by atoms with E-state index in [1.165, 1.54) is 0 Å². The molecule has 0 radical (unpaired) electrons. The molecule has 1 aromatic carbocycles. The molecule has 0 spiro atoms. The van der Waals surface area contributed by atoms with Crippen molar-refractivity contribution < 1.29 is 0 Å². The van der Waals surface area contributed by atoms with Gasteiger partial charge in [-0.15, -0.1) is 0 Å². The van der Waals surface area contributed by atoms with Crippen molar-refractivity contribution in [1.29, 1.82) is 0 Å². The monoisotopic (exact) mass is 246 g/mol. The minimum Gasteiger partial charge on any atom is -0.389 e. The molecule has 5 heteroatoms. The molecule has 0 atom stereocenters. The summed E-state index contributed by atoms with van der Waals surface area (Å²) in [6, 6.07) is 7.72. The molecule has 0 aliphatic rings. The van der Waals surface area contributed by atoms with Crippen LogP contribution in [0.3, 0.4) is 0 Å². The Bertz CT molecular complexity index is 516. The molecule has 4 nitrogen and oxygen atoms in total. The second kappa shape index (κ2) is 4.97. The van der Waals surface area contributed by atoms with Gasteiger partial charge in [0.1, 0.15) is 10.8 Å². The Morgan fingerprint density at radius 1 is 1.41 bits per heavy atom. The maximum Gasteiger partial charge on any atom is 0.127 e. The summed E-state index contributed by atoms with van der Waals surface area (Å²) in [5.74, 6) is 0.989. The Kier molecular flexibility index (Phi) is 3.39. The predicted molar refractivity (Wildman–Crippen MR) is 72.9 cm³/mol. The first-order chi connectivity index (χ1) is 8.16. The molecular weight excluding hydrogens is 232 g/mol. The average Bonchev–Trinajstić information content (AvgIpc) is 2.73. The molecule has 1 heterocycles. The zero-order valence-corrected chi connectivity index (χ0v) is 10.4. The minimum atomic E-state index is 0.417. The fraction of sp³-hybridized carbons (Fsp3) is 0.167. The SMILES string of the molecule is Cn1ccnc1CNc1ccc(C(N)=S)cc1. The number of aryl methyl sites for hydroxylation is 1. The highest BCUT2D eigenvalue weighted by Crippen LogP contribution is 2.10. The molecule has 2 rings (SSSR count). The minimum absolute atomic E-state index is 0.417. The quantitative estimate of drug-likeness (QED) is 0.806. The number of nitrogens with zero attached hydrogens (tertiary/aromatic N) is 2. The first-order valence-corrected chi connectivity index (χ1v) is 5.67. The number of rotatable bonds is 4. The van der Waals surface area contributed by atoms with Crippen LogP contribution in [0.4, 0.5) is 5.69 Å².